The maximum Gasteiger partial charge on any atom is 0.153 e. The molecule has 0 amide bonds. The number of aromatic nitrogens is 3. The summed E-state index contributed by atoms with van der Waals surface area (Å²) in [6, 6.07) is 3.94. The maximum atomic E-state index is 10.4. The van der Waals surface area contributed by atoms with Crippen LogP contribution in [0.15, 0.2) is 36.9 Å². The van der Waals surface area contributed by atoms with Gasteiger partial charge in [-0.1, -0.05) is 0 Å². The lowest BCUT2D eigenvalue weighted by Crippen LogP contribution is -1.98. The van der Waals surface area contributed by atoms with Crippen LogP contribution in [0.25, 0.3) is 0 Å². The number of hydrogen-bond donors (Lipinski definition) is 0. The average Bonchev–Trinajstić information content (AvgIpc) is 2.38. The monoisotopic (exact) mass is 213 g/mol. The molecule has 0 aliphatic carbocycles. The molecule has 2 aromatic heterocycles. The summed E-state index contributed by atoms with van der Waals surface area (Å²) in [5, 5.41) is 0. The molecule has 0 aliphatic rings. The minimum atomic E-state index is 0.507. The molecule has 0 unspecified atom stereocenters. The molecule has 2 rings (SSSR count). The largest absolute Gasteiger partial charge is 0.298 e. The molecule has 0 aromatic carbocycles. The van der Waals surface area contributed by atoms with Crippen LogP contribution in [0.4, 0.5) is 0 Å². The highest BCUT2D eigenvalue weighted by Gasteiger charge is 1.98. The quantitative estimate of drug-likeness (QED) is 0.722. The normalized spacial score (nSPS) is 10.0. The number of nitrogens with zero attached hydrogens (tertiary/aromatic N) is 3. The van der Waals surface area contributed by atoms with Crippen molar-refractivity contribution in [2.75, 3.05) is 0 Å². The van der Waals surface area contributed by atoms with E-state index in [1.807, 2.05) is 12.1 Å². The van der Waals surface area contributed by atoms with Crippen molar-refractivity contribution in [1.29, 1.82) is 0 Å². The topological polar surface area (TPSA) is 55.7 Å². The Balaban J connectivity index is 1.97. The minimum absolute atomic E-state index is 0.507. The van der Waals surface area contributed by atoms with E-state index >= 15 is 0 Å². The second kappa shape index (κ2) is 5.11. The molecule has 4 nitrogen and oxygen atoms in total. The van der Waals surface area contributed by atoms with Crippen LogP contribution in [0.3, 0.4) is 0 Å². The van der Waals surface area contributed by atoms with Crippen LogP contribution in [0.5, 0.6) is 0 Å². The zero-order valence-corrected chi connectivity index (χ0v) is 8.71. The summed E-state index contributed by atoms with van der Waals surface area (Å²) in [7, 11) is 0. The molecule has 0 saturated carbocycles. The molecule has 0 N–H and O–H groups in total. The molecule has 80 valence electrons. The van der Waals surface area contributed by atoms with Crippen LogP contribution in [0, 0.1) is 0 Å². The minimum Gasteiger partial charge on any atom is -0.298 e. The summed E-state index contributed by atoms with van der Waals surface area (Å²) < 4.78 is 0. The molecular formula is C12H11N3O. The SMILES string of the molecule is O=Cc1cnc(CCc2ccncc2)nc1. The van der Waals surface area contributed by atoms with E-state index in [1.165, 1.54) is 5.56 Å². The summed E-state index contributed by atoms with van der Waals surface area (Å²) >= 11 is 0. The Hall–Kier alpha value is -2.10. The highest BCUT2D eigenvalue weighted by molar-refractivity contribution is 5.73. The van der Waals surface area contributed by atoms with E-state index in [-0.39, 0.29) is 0 Å². The molecule has 0 bridgehead atoms. The predicted octanol–water partition coefficient (Wildman–Crippen LogP) is 1.47. The van der Waals surface area contributed by atoms with Gasteiger partial charge in [-0.3, -0.25) is 9.78 Å². The van der Waals surface area contributed by atoms with Gasteiger partial charge < -0.3 is 0 Å². The van der Waals surface area contributed by atoms with Crippen molar-refractivity contribution >= 4 is 6.29 Å². The first-order valence-electron chi connectivity index (χ1n) is 5.03. The van der Waals surface area contributed by atoms with Crippen molar-refractivity contribution < 1.29 is 4.79 Å². The van der Waals surface area contributed by atoms with Crippen LogP contribution >= 0.6 is 0 Å². The number of aldehydes is 1. The van der Waals surface area contributed by atoms with E-state index in [0.29, 0.717) is 5.56 Å². The number of hydrogen-bond acceptors (Lipinski definition) is 4. The zero-order chi connectivity index (χ0) is 11.2. The second-order valence-corrected chi connectivity index (χ2v) is 3.41. The molecule has 0 fully saturated rings. The lowest BCUT2D eigenvalue weighted by atomic mass is 10.1. The van der Waals surface area contributed by atoms with Gasteiger partial charge in [0.25, 0.3) is 0 Å². The van der Waals surface area contributed by atoms with Crippen molar-refractivity contribution in [2.24, 2.45) is 0 Å². The fraction of sp³-hybridized carbons (Fsp3) is 0.167. The van der Waals surface area contributed by atoms with Gasteiger partial charge in [-0.2, -0.15) is 0 Å². The number of carbonyl (C=O) groups excluding carboxylic acids is 1. The number of aryl methyl sites for hydroxylation is 2. The second-order valence-electron chi connectivity index (χ2n) is 3.41. The molecule has 0 atom stereocenters. The van der Waals surface area contributed by atoms with Crippen molar-refractivity contribution in [3.05, 3.63) is 53.9 Å². The van der Waals surface area contributed by atoms with E-state index in [0.717, 1.165) is 25.0 Å². The number of carbonyl (C=O) groups is 1. The lowest BCUT2D eigenvalue weighted by Gasteiger charge is -2.00. The van der Waals surface area contributed by atoms with Crippen LogP contribution in [-0.4, -0.2) is 21.2 Å². The van der Waals surface area contributed by atoms with Gasteiger partial charge in [-0.25, -0.2) is 9.97 Å². The van der Waals surface area contributed by atoms with E-state index < -0.39 is 0 Å². The molecule has 0 saturated heterocycles. The molecule has 0 aliphatic heterocycles. The number of rotatable bonds is 4. The van der Waals surface area contributed by atoms with Crippen LogP contribution in [0.2, 0.25) is 0 Å². The average molecular weight is 213 g/mol. The third-order valence-electron chi connectivity index (χ3n) is 2.25. The maximum absolute atomic E-state index is 10.4. The van der Waals surface area contributed by atoms with Crippen molar-refractivity contribution in [1.82, 2.24) is 15.0 Å². The third-order valence-corrected chi connectivity index (χ3v) is 2.25. The van der Waals surface area contributed by atoms with Crippen LogP contribution in [-0.2, 0) is 12.8 Å². The summed E-state index contributed by atoms with van der Waals surface area (Å²) in [5.41, 5.74) is 1.71. The van der Waals surface area contributed by atoms with Gasteiger partial charge in [-0.15, -0.1) is 0 Å². The molecule has 16 heavy (non-hydrogen) atoms. The molecule has 2 aromatic rings. The van der Waals surface area contributed by atoms with E-state index in [4.69, 9.17) is 0 Å². The molecule has 0 radical (unpaired) electrons. The Morgan fingerprint density at radius 1 is 1.06 bits per heavy atom. The fourth-order valence-corrected chi connectivity index (χ4v) is 1.36. The van der Waals surface area contributed by atoms with Crippen molar-refractivity contribution in [3.8, 4) is 0 Å². The van der Waals surface area contributed by atoms with Gasteiger partial charge in [0, 0.05) is 31.2 Å². The van der Waals surface area contributed by atoms with Crippen molar-refractivity contribution in [3.63, 3.8) is 0 Å². The smallest absolute Gasteiger partial charge is 0.153 e. The van der Waals surface area contributed by atoms with Gasteiger partial charge in [0.1, 0.15) is 5.82 Å². The Labute approximate surface area is 93.4 Å². The van der Waals surface area contributed by atoms with Crippen LogP contribution in [0.1, 0.15) is 21.7 Å². The lowest BCUT2D eigenvalue weighted by molar-refractivity contribution is 0.112. The molecule has 2 heterocycles. The first-order chi connectivity index (χ1) is 7.88. The predicted molar refractivity (Wildman–Crippen MR) is 59.1 cm³/mol. The van der Waals surface area contributed by atoms with E-state index in [2.05, 4.69) is 15.0 Å². The molecule has 0 spiro atoms. The Kier molecular flexibility index (Phi) is 3.33. The van der Waals surface area contributed by atoms with E-state index in [1.54, 1.807) is 24.8 Å². The Morgan fingerprint density at radius 3 is 2.38 bits per heavy atom. The first-order valence-corrected chi connectivity index (χ1v) is 5.03. The van der Waals surface area contributed by atoms with Gasteiger partial charge >= 0.3 is 0 Å². The van der Waals surface area contributed by atoms with Crippen LogP contribution < -0.4 is 0 Å². The van der Waals surface area contributed by atoms with Gasteiger partial charge in [0.15, 0.2) is 6.29 Å². The van der Waals surface area contributed by atoms with E-state index in [9.17, 15) is 4.79 Å². The highest BCUT2D eigenvalue weighted by atomic mass is 16.1. The molecule has 4 heteroatoms. The van der Waals surface area contributed by atoms with Gasteiger partial charge in [0.05, 0.1) is 5.56 Å². The van der Waals surface area contributed by atoms with Gasteiger partial charge in [0.2, 0.25) is 0 Å². The Morgan fingerprint density at radius 2 is 1.75 bits per heavy atom. The molecular weight excluding hydrogens is 202 g/mol. The Bertz CT molecular complexity index is 453. The van der Waals surface area contributed by atoms with Gasteiger partial charge in [-0.05, 0) is 24.1 Å². The number of pyridine rings is 1. The summed E-state index contributed by atoms with van der Waals surface area (Å²) in [5.74, 6) is 0.752. The first kappa shape index (κ1) is 10.4. The third kappa shape index (κ3) is 2.70. The van der Waals surface area contributed by atoms with Crippen molar-refractivity contribution in [2.45, 2.75) is 12.8 Å². The summed E-state index contributed by atoms with van der Waals surface area (Å²) in [4.78, 5) is 22.6. The standard InChI is InChI=1S/C12H11N3O/c16-9-11-7-14-12(15-8-11)2-1-10-3-5-13-6-4-10/h3-9H,1-2H2. The summed E-state index contributed by atoms with van der Waals surface area (Å²) in [6.45, 7) is 0. The fourth-order valence-electron chi connectivity index (χ4n) is 1.36. The highest BCUT2D eigenvalue weighted by Crippen LogP contribution is 2.02. The zero-order valence-electron chi connectivity index (χ0n) is 8.71. The summed E-state index contributed by atoms with van der Waals surface area (Å²) in [6.07, 6.45) is 9.01.